The van der Waals surface area contributed by atoms with Gasteiger partial charge in [-0.2, -0.15) is 0 Å². The van der Waals surface area contributed by atoms with Gasteiger partial charge in [0.1, 0.15) is 5.69 Å². The van der Waals surface area contributed by atoms with Crippen molar-refractivity contribution in [3.63, 3.8) is 0 Å². The third-order valence-electron chi connectivity index (χ3n) is 2.47. The van der Waals surface area contributed by atoms with Crippen LogP contribution in [0.5, 0.6) is 0 Å². The molecule has 0 atom stereocenters. The van der Waals surface area contributed by atoms with Crippen LogP contribution in [0.25, 0.3) is 0 Å². The summed E-state index contributed by atoms with van der Waals surface area (Å²) in [7, 11) is 1.37. The van der Waals surface area contributed by atoms with Crippen molar-refractivity contribution < 1.29 is 9.53 Å². The highest BCUT2D eigenvalue weighted by Crippen LogP contribution is 2.05. The van der Waals surface area contributed by atoms with Crippen LogP contribution in [0.1, 0.15) is 21.2 Å². The zero-order valence-electron chi connectivity index (χ0n) is 10.1. The van der Waals surface area contributed by atoms with Crippen LogP contribution in [-0.2, 0) is 17.7 Å². The molecule has 0 radical (unpaired) electrons. The monoisotopic (exact) mass is 265 g/mol. The molecule has 0 aliphatic rings. The Morgan fingerprint density at radius 2 is 2.44 bits per heavy atom. The summed E-state index contributed by atoms with van der Waals surface area (Å²) in [6.07, 6.45) is 2.73. The Bertz CT molecular complexity index is 493. The number of ether oxygens (including phenoxy) is 1. The van der Waals surface area contributed by atoms with Crippen molar-refractivity contribution in [3.8, 4) is 0 Å². The van der Waals surface area contributed by atoms with Gasteiger partial charge in [-0.05, 0) is 12.1 Å². The lowest BCUT2D eigenvalue weighted by Crippen LogP contribution is -2.17. The number of carbonyl (C=O) groups is 1. The van der Waals surface area contributed by atoms with Crippen molar-refractivity contribution in [2.45, 2.75) is 13.0 Å². The molecular formula is C12H15N3O2S. The number of hydrogen-bond donors (Lipinski definition) is 2. The maximum Gasteiger partial charge on any atom is 0.354 e. The molecule has 0 aliphatic carbocycles. The average Bonchev–Trinajstić information content (AvgIpc) is 3.05. The third-order valence-corrected chi connectivity index (χ3v) is 3.31. The molecule has 0 amide bonds. The molecule has 0 spiro atoms. The normalized spacial score (nSPS) is 10.5. The van der Waals surface area contributed by atoms with Gasteiger partial charge in [-0.25, -0.2) is 9.78 Å². The molecule has 0 unspecified atom stereocenters. The van der Waals surface area contributed by atoms with E-state index in [0.29, 0.717) is 12.2 Å². The van der Waals surface area contributed by atoms with E-state index in [1.165, 1.54) is 7.11 Å². The first-order valence-electron chi connectivity index (χ1n) is 5.65. The Kier molecular flexibility index (Phi) is 4.49. The van der Waals surface area contributed by atoms with E-state index in [9.17, 15) is 4.79 Å². The lowest BCUT2D eigenvalue weighted by Gasteiger charge is -2.01. The average molecular weight is 265 g/mol. The lowest BCUT2D eigenvalue weighted by atomic mass is 10.4. The number of nitrogens with zero attached hydrogens (tertiary/aromatic N) is 1. The molecule has 0 aromatic carbocycles. The molecule has 2 heterocycles. The van der Waals surface area contributed by atoms with Gasteiger partial charge in [0, 0.05) is 36.8 Å². The molecule has 0 aliphatic heterocycles. The van der Waals surface area contributed by atoms with E-state index in [1.807, 2.05) is 17.6 Å². The lowest BCUT2D eigenvalue weighted by molar-refractivity contribution is 0.0594. The Morgan fingerprint density at radius 3 is 3.17 bits per heavy atom. The molecule has 2 N–H and O–H groups in total. The summed E-state index contributed by atoms with van der Waals surface area (Å²) < 4.78 is 4.63. The van der Waals surface area contributed by atoms with E-state index in [4.69, 9.17) is 0 Å². The summed E-state index contributed by atoms with van der Waals surface area (Å²) >= 11 is 1.66. The molecule has 0 saturated carbocycles. The highest BCUT2D eigenvalue weighted by Gasteiger charge is 2.07. The Hall–Kier alpha value is -1.66. The number of thiazole rings is 1. The molecule has 0 bridgehead atoms. The number of aromatic amines is 1. The summed E-state index contributed by atoms with van der Waals surface area (Å²) in [6, 6.07) is 3.60. The van der Waals surface area contributed by atoms with Gasteiger partial charge in [0.2, 0.25) is 0 Å². The highest BCUT2D eigenvalue weighted by atomic mass is 32.1. The maximum atomic E-state index is 11.2. The molecule has 0 saturated heterocycles. The predicted octanol–water partition coefficient (Wildman–Crippen LogP) is 1.59. The Labute approximate surface area is 109 Å². The summed E-state index contributed by atoms with van der Waals surface area (Å²) in [4.78, 5) is 18.4. The molecule has 96 valence electrons. The van der Waals surface area contributed by atoms with Gasteiger partial charge in [-0.15, -0.1) is 11.3 Å². The molecule has 18 heavy (non-hydrogen) atoms. The summed E-state index contributed by atoms with van der Waals surface area (Å²) in [5, 5.41) is 6.40. The number of carbonyl (C=O) groups excluding carboxylic acids is 1. The van der Waals surface area contributed by atoms with Gasteiger partial charge in [0.25, 0.3) is 0 Å². The number of rotatable bonds is 6. The van der Waals surface area contributed by atoms with Gasteiger partial charge in [0.05, 0.1) is 12.1 Å². The Morgan fingerprint density at radius 1 is 1.56 bits per heavy atom. The summed E-state index contributed by atoms with van der Waals surface area (Å²) in [5.74, 6) is -0.343. The van der Waals surface area contributed by atoms with Crippen molar-refractivity contribution >= 4 is 17.3 Å². The van der Waals surface area contributed by atoms with Crippen molar-refractivity contribution in [2.24, 2.45) is 0 Å². The second kappa shape index (κ2) is 6.32. The molecule has 2 aromatic heterocycles. The van der Waals surface area contributed by atoms with E-state index < -0.39 is 0 Å². The molecular weight excluding hydrogens is 250 g/mol. The first-order chi connectivity index (χ1) is 8.79. The molecule has 5 nitrogen and oxygen atoms in total. The van der Waals surface area contributed by atoms with Crippen LogP contribution in [0.4, 0.5) is 0 Å². The van der Waals surface area contributed by atoms with Crippen LogP contribution < -0.4 is 5.32 Å². The smallest absolute Gasteiger partial charge is 0.354 e. The fourth-order valence-corrected chi connectivity index (χ4v) is 2.19. The van der Waals surface area contributed by atoms with Crippen molar-refractivity contribution in [3.05, 3.63) is 40.1 Å². The zero-order chi connectivity index (χ0) is 12.8. The Balaban J connectivity index is 1.73. The molecule has 6 heteroatoms. The van der Waals surface area contributed by atoms with Gasteiger partial charge in [-0.1, -0.05) is 0 Å². The SMILES string of the molecule is COC(=O)c1ccc(CNCCc2nccs2)[nH]1. The topological polar surface area (TPSA) is 67.0 Å². The minimum Gasteiger partial charge on any atom is -0.464 e. The third kappa shape index (κ3) is 3.41. The van der Waals surface area contributed by atoms with E-state index in [0.717, 1.165) is 23.7 Å². The van der Waals surface area contributed by atoms with E-state index >= 15 is 0 Å². The summed E-state index contributed by atoms with van der Waals surface area (Å²) in [6.45, 7) is 1.56. The quantitative estimate of drug-likeness (QED) is 0.615. The van der Waals surface area contributed by atoms with E-state index in [2.05, 4.69) is 20.0 Å². The van der Waals surface area contributed by atoms with Crippen LogP contribution >= 0.6 is 11.3 Å². The zero-order valence-corrected chi connectivity index (χ0v) is 10.9. The number of esters is 1. The first-order valence-corrected chi connectivity index (χ1v) is 6.53. The molecule has 2 aromatic rings. The largest absolute Gasteiger partial charge is 0.464 e. The minimum atomic E-state index is -0.343. The number of hydrogen-bond acceptors (Lipinski definition) is 5. The van der Waals surface area contributed by atoms with Gasteiger partial charge in [0.15, 0.2) is 0 Å². The maximum absolute atomic E-state index is 11.2. The van der Waals surface area contributed by atoms with Crippen molar-refractivity contribution in [1.29, 1.82) is 0 Å². The number of aromatic nitrogens is 2. The van der Waals surface area contributed by atoms with Crippen molar-refractivity contribution in [2.75, 3.05) is 13.7 Å². The van der Waals surface area contributed by atoms with E-state index in [-0.39, 0.29) is 5.97 Å². The van der Waals surface area contributed by atoms with Gasteiger partial charge >= 0.3 is 5.97 Å². The van der Waals surface area contributed by atoms with Crippen LogP contribution in [0, 0.1) is 0 Å². The number of nitrogens with one attached hydrogen (secondary N) is 2. The van der Waals surface area contributed by atoms with Crippen LogP contribution in [-0.4, -0.2) is 29.6 Å². The number of H-pyrrole nitrogens is 1. The van der Waals surface area contributed by atoms with Crippen LogP contribution in [0.15, 0.2) is 23.7 Å². The van der Waals surface area contributed by atoms with Gasteiger partial charge in [-0.3, -0.25) is 0 Å². The minimum absolute atomic E-state index is 0.343. The predicted molar refractivity (Wildman–Crippen MR) is 69.7 cm³/mol. The first kappa shape index (κ1) is 12.8. The highest BCUT2D eigenvalue weighted by molar-refractivity contribution is 7.09. The second-order valence-electron chi connectivity index (χ2n) is 3.74. The van der Waals surface area contributed by atoms with Crippen LogP contribution in [0.3, 0.4) is 0 Å². The fourth-order valence-electron chi connectivity index (χ4n) is 1.57. The van der Waals surface area contributed by atoms with Crippen molar-refractivity contribution in [1.82, 2.24) is 15.3 Å². The second-order valence-corrected chi connectivity index (χ2v) is 4.72. The fraction of sp³-hybridized carbons (Fsp3) is 0.333. The van der Waals surface area contributed by atoms with Gasteiger partial charge < -0.3 is 15.0 Å². The van der Waals surface area contributed by atoms with Crippen LogP contribution in [0.2, 0.25) is 0 Å². The van der Waals surface area contributed by atoms with E-state index in [1.54, 1.807) is 17.4 Å². The molecule has 2 rings (SSSR count). The standard InChI is InChI=1S/C12H15N3O2S/c1-17-12(16)10-3-2-9(15-10)8-13-5-4-11-14-6-7-18-11/h2-3,6-7,13,15H,4-5,8H2,1H3. The number of methoxy groups -OCH3 is 1. The molecule has 0 fully saturated rings. The summed E-state index contributed by atoms with van der Waals surface area (Å²) in [5.41, 5.74) is 1.45.